The van der Waals surface area contributed by atoms with Crippen LogP contribution in [-0.2, 0) is 6.54 Å². The predicted octanol–water partition coefficient (Wildman–Crippen LogP) is 3.73. The average Bonchev–Trinajstić information content (AvgIpc) is 2.43. The van der Waals surface area contributed by atoms with E-state index in [0.717, 1.165) is 12.1 Å². The highest BCUT2D eigenvalue weighted by molar-refractivity contribution is 5.50. The van der Waals surface area contributed by atoms with Gasteiger partial charge in [-0.3, -0.25) is 0 Å². The van der Waals surface area contributed by atoms with Crippen molar-refractivity contribution in [3.63, 3.8) is 0 Å². The quantitative estimate of drug-likeness (QED) is 0.687. The van der Waals surface area contributed by atoms with Gasteiger partial charge < -0.3 is 5.32 Å². The monoisotopic (exact) mass is 280 g/mol. The Balaban J connectivity index is 2.17. The number of nitriles is 1. The van der Waals surface area contributed by atoms with Gasteiger partial charge in [-0.1, -0.05) is 0 Å². The molecule has 0 aliphatic heterocycles. The maximum absolute atomic E-state index is 13.4. The largest absolute Gasteiger partial charge is 0.381 e. The molecule has 2 aromatic carbocycles. The highest BCUT2D eigenvalue weighted by Gasteiger charge is 2.10. The highest BCUT2D eigenvalue weighted by atomic mass is 19.2. The average molecular weight is 280 g/mol. The summed E-state index contributed by atoms with van der Waals surface area (Å²) in [6.45, 7) is -0.125. The lowest BCUT2D eigenvalue weighted by Crippen LogP contribution is -2.04. The fourth-order valence-electron chi connectivity index (χ4n) is 1.62. The number of nitrogens with one attached hydrogen (secondary N) is 1. The smallest absolute Gasteiger partial charge is 0.161 e. The number of nitrogens with zero attached hydrogens (tertiary/aromatic N) is 1. The molecule has 0 spiro atoms. The predicted molar refractivity (Wildman–Crippen MR) is 64.8 cm³/mol. The Morgan fingerprint density at radius 1 is 0.900 bits per heavy atom. The van der Waals surface area contributed by atoms with Crippen LogP contribution in [0, 0.1) is 34.6 Å². The Morgan fingerprint density at radius 3 is 2.30 bits per heavy atom. The molecule has 0 amide bonds. The van der Waals surface area contributed by atoms with E-state index in [1.807, 2.05) is 0 Å². The molecule has 0 aromatic heterocycles. The van der Waals surface area contributed by atoms with Crippen LogP contribution in [0.2, 0.25) is 0 Å². The maximum Gasteiger partial charge on any atom is 0.161 e. The molecular weight excluding hydrogens is 272 g/mol. The van der Waals surface area contributed by atoms with Crippen LogP contribution in [0.15, 0.2) is 30.3 Å². The Labute approximate surface area is 112 Å². The standard InChI is InChI=1S/C14H8F4N2/c15-11-2-1-10(3-8(11)6-19)20-7-9-4-13(17)14(18)5-12(9)16/h1-5,20H,7H2. The minimum atomic E-state index is -1.26. The van der Waals surface area contributed by atoms with Crippen LogP contribution in [-0.4, -0.2) is 0 Å². The summed E-state index contributed by atoms with van der Waals surface area (Å²) >= 11 is 0. The van der Waals surface area contributed by atoms with Crippen LogP contribution < -0.4 is 5.32 Å². The van der Waals surface area contributed by atoms with Crippen molar-refractivity contribution < 1.29 is 17.6 Å². The number of hydrogen-bond acceptors (Lipinski definition) is 2. The number of benzene rings is 2. The second-order valence-electron chi connectivity index (χ2n) is 4.02. The van der Waals surface area contributed by atoms with Crippen LogP contribution in [0.3, 0.4) is 0 Å². The van der Waals surface area contributed by atoms with Gasteiger partial charge in [0.2, 0.25) is 0 Å². The molecule has 2 rings (SSSR count). The van der Waals surface area contributed by atoms with Crippen LogP contribution in [0.25, 0.3) is 0 Å². The number of rotatable bonds is 3. The van der Waals surface area contributed by atoms with E-state index in [2.05, 4.69) is 5.32 Å². The molecule has 2 aromatic rings. The summed E-state index contributed by atoms with van der Waals surface area (Å²) in [5.74, 6) is -3.98. The van der Waals surface area contributed by atoms with Crippen molar-refractivity contribution >= 4 is 5.69 Å². The molecule has 0 saturated carbocycles. The van der Waals surface area contributed by atoms with Gasteiger partial charge in [-0.15, -0.1) is 0 Å². The molecule has 0 bridgehead atoms. The van der Waals surface area contributed by atoms with Crippen molar-refractivity contribution in [3.8, 4) is 6.07 Å². The Morgan fingerprint density at radius 2 is 1.60 bits per heavy atom. The van der Waals surface area contributed by atoms with Crippen LogP contribution in [0.5, 0.6) is 0 Å². The minimum Gasteiger partial charge on any atom is -0.381 e. The van der Waals surface area contributed by atoms with Crippen molar-refractivity contribution in [1.82, 2.24) is 0 Å². The van der Waals surface area contributed by atoms with Gasteiger partial charge in [-0.2, -0.15) is 5.26 Å². The Hall–Kier alpha value is -2.55. The third-order valence-corrected chi connectivity index (χ3v) is 2.66. The third kappa shape index (κ3) is 2.88. The summed E-state index contributed by atoms with van der Waals surface area (Å²) in [5, 5.41) is 11.4. The number of halogens is 4. The van der Waals surface area contributed by atoms with Gasteiger partial charge in [-0.05, 0) is 24.3 Å². The maximum atomic E-state index is 13.4. The van der Waals surface area contributed by atoms with Crippen molar-refractivity contribution in [2.45, 2.75) is 6.54 Å². The number of anilines is 1. The zero-order valence-electron chi connectivity index (χ0n) is 10.1. The lowest BCUT2D eigenvalue weighted by atomic mass is 10.1. The molecule has 20 heavy (non-hydrogen) atoms. The van der Waals surface area contributed by atoms with Crippen molar-refractivity contribution in [1.29, 1.82) is 5.26 Å². The first kappa shape index (κ1) is 13.9. The van der Waals surface area contributed by atoms with Gasteiger partial charge in [0.15, 0.2) is 11.6 Å². The molecule has 6 heteroatoms. The molecule has 0 saturated heterocycles. The van der Waals surface area contributed by atoms with Gasteiger partial charge in [0.25, 0.3) is 0 Å². The SMILES string of the molecule is N#Cc1cc(NCc2cc(F)c(F)cc2F)ccc1F. The summed E-state index contributed by atoms with van der Waals surface area (Å²) in [4.78, 5) is 0. The molecule has 0 fully saturated rings. The van der Waals surface area contributed by atoms with E-state index in [9.17, 15) is 17.6 Å². The summed E-state index contributed by atoms with van der Waals surface area (Å²) in [6, 6.07) is 6.55. The summed E-state index contributed by atoms with van der Waals surface area (Å²) in [5.41, 5.74) is 0.125. The van der Waals surface area contributed by atoms with E-state index >= 15 is 0 Å². The molecule has 0 heterocycles. The topological polar surface area (TPSA) is 35.8 Å². The zero-order valence-corrected chi connectivity index (χ0v) is 10.1. The Bertz CT molecular complexity index is 692. The van der Waals surface area contributed by atoms with E-state index in [-0.39, 0.29) is 17.7 Å². The molecule has 102 valence electrons. The van der Waals surface area contributed by atoms with E-state index in [0.29, 0.717) is 11.8 Å². The lowest BCUT2D eigenvalue weighted by molar-refractivity contribution is 0.490. The first-order valence-corrected chi connectivity index (χ1v) is 5.58. The third-order valence-electron chi connectivity index (χ3n) is 2.66. The molecule has 0 atom stereocenters. The van der Waals surface area contributed by atoms with Crippen molar-refractivity contribution in [2.24, 2.45) is 0 Å². The molecule has 0 radical (unpaired) electrons. The first-order chi connectivity index (χ1) is 9.51. The molecule has 1 N–H and O–H groups in total. The molecule has 0 unspecified atom stereocenters. The summed E-state index contributed by atoms with van der Waals surface area (Å²) in [6.07, 6.45) is 0. The normalized spacial score (nSPS) is 10.2. The van der Waals surface area contributed by atoms with E-state index < -0.39 is 23.3 Å². The molecular formula is C14H8F4N2. The minimum absolute atomic E-state index is 0.0771. The highest BCUT2D eigenvalue weighted by Crippen LogP contribution is 2.17. The van der Waals surface area contributed by atoms with Gasteiger partial charge in [0.1, 0.15) is 17.7 Å². The van der Waals surface area contributed by atoms with Crippen molar-refractivity contribution in [2.75, 3.05) is 5.32 Å². The van der Waals surface area contributed by atoms with E-state index in [1.54, 1.807) is 6.07 Å². The van der Waals surface area contributed by atoms with Crippen molar-refractivity contribution in [3.05, 3.63) is 64.7 Å². The van der Waals surface area contributed by atoms with Gasteiger partial charge >= 0.3 is 0 Å². The van der Waals surface area contributed by atoms with E-state index in [1.165, 1.54) is 12.1 Å². The van der Waals surface area contributed by atoms with Crippen LogP contribution >= 0.6 is 0 Å². The van der Waals surface area contributed by atoms with Gasteiger partial charge in [0.05, 0.1) is 5.56 Å². The van der Waals surface area contributed by atoms with Gasteiger partial charge in [-0.25, -0.2) is 17.6 Å². The van der Waals surface area contributed by atoms with Crippen LogP contribution in [0.1, 0.15) is 11.1 Å². The lowest BCUT2D eigenvalue weighted by Gasteiger charge is -2.08. The fraction of sp³-hybridized carbons (Fsp3) is 0.0714. The zero-order chi connectivity index (χ0) is 14.7. The summed E-state index contributed by atoms with van der Waals surface area (Å²) in [7, 11) is 0. The van der Waals surface area contributed by atoms with Gasteiger partial charge in [0, 0.05) is 23.9 Å². The van der Waals surface area contributed by atoms with Crippen LogP contribution in [0.4, 0.5) is 23.2 Å². The number of hydrogen-bond donors (Lipinski definition) is 1. The molecule has 0 aliphatic rings. The molecule has 2 nitrogen and oxygen atoms in total. The second kappa shape index (κ2) is 5.61. The van der Waals surface area contributed by atoms with E-state index in [4.69, 9.17) is 5.26 Å². The second-order valence-corrected chi connectivity index (χ2v) is 4.02. The first-order valence-electron chi connectivity index (χ1n) is 5.58. The Kier molecular flexibility index (Phi) is 3.89. The molecule has 0 aliphatic carbocycles. The fourth-order valence-corrected chi connectivity index (χ4v) is 1.62. The summed E-state index contributed by atoms with van der Waals surface area (Å²) < 4.78 is 52.2.